The molecule has 2 nitrogen and oxygen atoms in total. The molecule has 1 aliphatic heterocycles. The number of hydrogen-bond acceptors (Lipinski definition) is 2. The van der Waals surface area contributed by atoms with Gasteiger partial charge in [-0.25, -0.2) is 0 Å². The smallest absolute Gasteiger partial charge is 0.0726 e. The van der Waals surface area contributed by atoms with E-state index in [1.807, 2.05) is 0 Å². The highest BCUT2D eigenvalue weighted by Gasteiger charge is 2.35. The van der Waals surface area contributed by atoms with Gasteiger partial charge >= 0.3 is 0 Å². The third-order valence-corrected chi connectivity index (χ3v) is 4.45. The van der Waals surface area contributed by atoms with E-state index in [1.165, 1.54) is 51.4 Å². The summed E-state index contributed by atoms with van der Waals surface area (Å²) in [5.74, 6) is 0. The van der Waals surface area contributed by atoms with Gasteiger partial charge in [-0.05, 0) is 33.2 Å². The lowest BCUT2D eigenvalue weighted by atomic mass is 9.94. The van der Waals surface area contributed by atoms with Crippen LogP contribution in [0.3, 0.4) is 0 Å². The van der Waals surface area contributed by atoms with Crippen molar-refractivity contribution >= 4 is 0 Å². The highest BCUT2D eigenvalue weighted by molar-refractivity contribution is 4.93. The standard InChI is InChI=1S/C16H33NO/c1-4-5-6-7-8-9-10-11-13-17-16(3)12-14-18-15(16)2/h15,17H,4-14H2,1-3H3. The minimum atomic E-state index is 0.223. The fourth-order valence-electron chi connectivity index (χ4n) is 2.70. The second-order valence-corrected chi connectivity index (χ2v) is 6.08. The van der Waals surface area contributed by atoms with Crippen LogP contribution in [0.2, 0.25) is 0 Å². The van der Waals surface area contributed by atoms with Gasteiger partial charge < -0.3 is 10.1 Å². The number of ether oxygens (including phenoxy) is 1. The summed E-state index contributed by atoms with van der Waals surface area (Å²) in [6.45, 7) is 8.84. The maximum absolute atomic E-state index is 5.64. The molecule has 0 spiro atoms. The molecule has 1 aliphatic rings. The molecule has 1 rings (SSSR count). The second kappa shape index (κ2) is 8.92. The summed E-state index contributed by atoms with van der Waals surface area (Å²) in [4.78, 5) is 0. The minimum absolute atomic E-state index is 0.223. The lowest BCUT2D eigenvalue weighted by molar-refractivity contribution is 0.0886. The van der Waals surface area contributed by atoms with Crippen molar-refractivity contribution in [1.29, 1.82) is 0 Å². The van der Waals surface area contributed by atoms with Crippen molar-refractivity contribution in [3.8, 4) is 0 Å². The predicted octanol–water partition coefficient (Wildman–Crippen LogP) is 4.28. The summed E-state index contributed by atoms with van der Waals surface area (Å²) >= 11 is 0. The average Bonchev–Trinajstić information content (AvgIpc) is 2.68. The number of hydrogen-bond donors (Lipinski definition) is 1. The van der Waals surface area contributed by atoms with E-state index in [2.05, 4.69) is 26.1 Å². The van der Waals surface area contributed by atoms with Gasteiger partial charge in [0.1, 0.15) is 0 Å². The Kier molecular flexibility index (Phi) is 7.92. The van der Waals surface area contributed by atoms with Gasteiger partial charge in [-0.2, -0.15) is 0 Å². The van der Waals surface area contributed by atoms with Gasteiger partial charge in [-0.15, -0.1) is 0 Å². The van der Waals surface area contributed by atoms with Crippen molar-refractivity contribution in [3.63, 3.8) is 0 Å². The molecule has 1 N–H and O–H groups in total. The number of rotatable bonds is 10. The van der Waals surface area contributed by atoms with Crippen LogP contribution in [0.25, 0.3) is 0 Å². The molecule has 18 heavy (non-hydrogen) atoms. The molecule has 0 aromatic carbocycles. The van der Waals surface area contributed by atoms with Crippen LogP contribution in [0.4, 0.5) is 0 Å². The quantitative estimate of drug-likeness (QED) is 0.588. The Balaban J connectivity index is 1.89. The maximum Gasteiger partial charge on any atom is 0.0726 e. The van der Waals surface area contributed by atoms with Crippen molar-refractivity contribution in [3.05, 3.63) is 0 Å². The molecular formula is C16H33NO. The molecule has 0 aromatic heterocycles. The lowest BCUT2D eigenvalue weighted by Crippen LogP contribution is -2.48. The molecule has 0 aromatic rings. The highest BCUT2D eigenvalue weighted by atomic mass is 16.5. The lowest BCUT2D eigenvalue weighted by Gasteiger charge is -2.29. The zero-order chi connectivity index (χ0) is 13.3. The van der Waals surface area contributed by atoms with E-state index in [0.29, 0.717) is 6.10 Å². The summed E-state index contributed by atoms with van der Waals surface area (Å²) in [6.07, 6.45) is 12.7. The first-order chi connectivity index (χ1) is 8.69. The topological polar surface area (TPSA) is 21.3 Å². The van der Waals surface area contributed by atoms with Crippen LogP contribution in [0.15, 0.2) is 0 Å². The van der Waals surface area contributed by atoms with Crippen LogP contribution >= 0.6 is 0 Å². The van der Waals surface area contributed by atoms with E-state index in [0.717, 1.165) is 19.6 Å². The zero-order valence-corrected chi connectivity index (χ0v) is 12.8. The SMILES string of the molecule is CCCCCCCCCCNC1(C)CCOC1C. The van der Waals surface area contributed by atoms with E-state index < -0.39 is 0 Å². The Morgan fingerprint density at radius 3 is 2.22 bits per heavy atom. The predicted molar refractivity (Wildman–Crippen MR) is 79.0 cm³/mol. The van der Waals surface area contributed by atoms with Gasteiger partial charge in [0, 0.05) is 12.1 Å². The van der Waals surface area contributed by atoms with Gasteiger partial charge in [0.2, 0.25) is 0 Å². The molecule has 1 saturated heterocycles. The molecule has 2 unspecified atom stereocenters. The van der Waals surface area contributed by atoms with Crippen LogP contribution in [-0.4, -0.2) is 24.8 Å². The van der Waals surface area contributed by atoms with Crippen molar-refractivity contribution < 1.29 is 4.74 Å². The summed E-state index contributed by atoms with van der Waals surface area (Å²) < 4.78 is 5.64. The third kappa shape index (κ3) is 5.71. The summed E-state index contributed by atoms with van der Waals surface area (Å²) in [7, 11) is 0. The van der Waals surface area contributed by atoms with Gasteiger partial charge in [-0.1, -0.05) is 51.9 Å². The van der Waals surface area contributed by atoms with Crippen LogP contribution in [0.1, 0.15) is 78.6 Å². The minimum Gasteiger partial charge on any atom is -0.377 e. The molecule has 0 amide bonds. The Bertz CT molecular complexity index is 207. The van der Waals surface area contributed by atoms with E-state index in [-0.39, 0.29) is 5.54 Å². The van der Waals surface area contributed by atoms with E-state index in [9.17, 15) is 0 Å². The monoisotopic (exact) mass is 255 g/mol. The molecule has 108 valence electrons. The molecule has 0 saturated carbocycles. The average molecular weight is 255 g/mol. The van der Waals surface area contributed by atoms with E-state index >= 15 is 0 Å². The third-order valence-electron chi connectivity index (χ3n) is 4.45. The van der Waals surface area contributed by atoms with E-state index in [1.54, 1.807) is 0 Å². The molecular weight excluding hydrogens is 222 g/mol. The number of unbranched alkanes of at least 4 members (excludes halogenated alkanes) is 7. The maximum atomic E-state index is 5.64. The molecule has 0 aliphatic carbocycles. The van der Waals surface area contributed by atoms with Gasteiger partial charge in [-0.3, -0.25) is 0 Å². The second-order valence-electron chi connectivity index (χ2n) is 6.08. The summed E-state index contributed by atoms with van der Waals surface area (Å²) in [5, 5.41) is 3.69. The highest BCUT2D eigenvalue weighted by Crippen LogP contribution is 2.24. The largest absolute Gasteiger partial charge is 0.377 e. The Morgan fingerprint density at radius 2 is 1.67 bits per heavy atom. The molecule has 0 bridgehead atoms. The van der Waals surface area contributed by atoms with Crippen LogP contribution in [-0.2, 0) is 4.74 Å². The first kappa shape index (κ1) is 16.0. The Labute approximate surface area is 114 Å². The molecule has 0 radical (unpaired) electrons. The van der Waals surface area contributed by atoms with Crippen molar-refractivity contribution in [1.82, 2.24) is 5.32 Å². The van der Waals surface area contributed by atoms with Gasteiger partial charge in [0.15, 0.2) is 0 Å². The van der Waals surface area contributed by atoms with Crippen molar-refractivity contribution in [2.24, 2.45) is 0 Å². The Hall–Kier alpha value is -0.0800. The zero-order valence-electron chi connectivity index (χ0n) is 12.8. The van der Waals surface area contributed by atoms with E-state index in [4.69, 9.17) is 4.74 Å². The van der Waals surface area contributed by atoms with Crippen molar-refractivity contribution in [2.45, 2.75) is 90.2 Å². The first-order valence-electron chi connectivity index (χ1n) is 8.05. The Morgan fingerprint density at radius 1 is 1.06 bits per heavy atom. The van der Waals surface area contributed by atoms with Gasteiger partial charge in [0.25, 0.3) is 0 Å². The molecule has 2 heteroatoms. The van der Waals surface area contributed by atoms with Crippen LogP contribution in [0, 0.1) is 0 Å². The van der Waals surface area contributed by atoms with Gasteiger partial charge in [0.05, 0.1) is 6.10 Å². The fraction of sp³-hybridized carbons (Fsp3) is 1.00. The molecule has 1 heterocycles. The number of nitrogens with one attached hydrogen (secondary N) is 1. The molecule has 2 atom stereocenters. The van der Waals surface area contributed by atoms with Crippen LogP contribution in [0.5, 0.6) is 0 Å². The van der Waals surface area contributed by atoms with Crippen molar-refractivity contribution in [2.75, 3.05) is 13.2 Å². The van der Waals surface area contributed by atoms with Crippen LogP contribution < -0.4 is 5.32 Å². The normalized spacial score (nSPS) is 27.8. The fourth-order valence-corrected chi connectivity index (χ4v) is 2.70. The summed E-state index contributed by atoms with van der Waals surface area (Å²) in [6, 6.07) is 0. The first-order valence-corrected chi connectivity index (χ1v) is 8.05. The molecule has 1 fully saturated rings. The summed E-state index contributed by atoms with van der Waals surface area (Å²) in [5.41, 5.74) is 0.223.